The van der Waals surface area contributed by atoms with E-state index in [0.29, 0.717) is 11.8 Å². The number of benzene rings is 1. The van der Waals surface area contributed by atoms with Crippen LogP contribution in [0.4, 0.5) is 5.69 Å². The molecule has 2 N–H and O–H groups in total. The maximum absolute atomic E-state index is 11.3. The van der Waals surface area contributed by atoms with E-state index in [1.165, 1.54) is 24.0 Å². The maximum Gasteiger partial charge on any atom is 0.224 e. The molecule has 18 heavy (non-hydrogen) atoms. The molecule has 96 valence electrons. The molecule has 0 saturated heterocycles. The van der Waals surface area contributed by atoms with Crippen molar-refractivity contribution in [2.24, 2.45) is 5.41 Å². The first kappa shape index (κ1) is 11.7. The van der Waals surface area contributed by atoms with E-state index in [2.05, 4.69) is 28.8 Å². The highest BCUT2D eigenvalue weighted by Crippen LogP contribution is 2.48. The SMILES string of the molecule is CNCC1(Cc2ccc3c(c2)CCC(=O)N3)CC1. The number of carbonyl (C=O) groups is 1. The first-order valence-corrected chi connectivity index (χ1v) is 6.77. The zero-order chi connectivity index (χ0) is 12.6. The molecule has 0 radical (unpaired) electrons. The van der Waals surface area contributed by atoms with Crippen LogP contribution in [0.3, 0.4) is 0 Å². The number of amides is 1. The minimum atomic E-state index is 0.143. The van der Waals surface area contributed by atoms with Gasteiger partial charge in [0.15, 0.2) is 0 Å². The molecule has 2 aliphatic rings. The van der Waals surface area contributed by atoms with Crippen molar-refractivity contribution in [3.05, 3.63) is 29.3 Å². The van der Waals surface area contributed by atoms with Gasteiger partial charge >= 0.3 is 0 Å². The molecule has 1 aliphatic heterocycles. The zero-order valence-electron chi connectivity index (χ0n) is 10.9. The average molecular weight is 244 g/mol. The second kappa shape index (κ2) is 4.39. The highest BCUT2D eigenvalue weighted by atomic mass is 16.1. The summed E-state index contributed by atoms with van der Waals surface area (Å²) in [6.07, 6.45) is 5.34. The minimum absolute atomic E-state index is 0.143. The highest BCUT2D eigenvalue weighted by molar-refractivity contribution is 5.93. The molecule has 0 bridgehead atoms. The Hall–Kier alpha value is -1.35. The van der Waals surface area contributed by atoms with Crippen LogP contribution < -0.4 is 10.6 Å². The quantitative estimate of drug-likeness (QED) is 0.851. The van der Waals surface area contributed by atoms with Gasteiger partial charge in [-0.3, -0.25) is 4.79 Å². The van der Waals surface area contributed by atoms with E-state index in [-0.39, 0.29) is 5.91 Å². The first-order chi connectivity index (χ1) is 8.71. The van der Waals surface area contributed by atoms with E-state index in [0.717, 1.165) is 25.1 Å². The van der Waals surface area contributed by atoms with Crippen molar-refractivity contribution in [2.75, 3.05) is 18.9 Å². The van der Waals surface area contributed by atoms with Crippen LogP contribution >= 0.6 is 0 Å². The second-order valence-electron chi connectivity index (χ2n) is 5.75. The van der Waals surface area contributed by atoms with Gasteiger partial charge in [-0.1, -0.05) is 12.1 Å². The molecule has 3 rings (SSSR count). The third-order valence-corrected chi connectivity index (χ3v) is 4.15. The lowest BCUT2D eigenvalue weighted by Gasteiger charge is -2.19. The third-order valence-electron chi connectivity index (χ3n) is 4.15. The van der Waals surface area contributed by atoms with Crippen molar-refractivity contribution < 1.29 is 4.79 Å². The molecule has 1 aromatic rings. The van der Waals surface area contributed by atoms with Crippen molar-refractivity contribution in [1.82, 2.24) is 5.32 Å². The van der Waals surface area contributed by atoms with Gasteiger partial charge in [0.1, 0.15) is 0 Å². The Kier molecular flexibility index (Phi) is 2.86. The molecule has 1 aliphatic carbocycles. The summed E-state index contributed by atoms with van der Waals surface area (Å²) in [6, 6.07) is 6.52. The molecule has 0 aromatic heterocycles. The summed E-state index contributed by atoms with van der Waals surface area (Å²) in [5, 5.41) is 6.24. The number of carbonyl (C=O) groups excluding carboxylic acids is 1. The predicted molar refractivity (Wildman–Crippen MR) is 72.7 cm³/mol. The van der Waals surface area contributed by atoms with Crippen LogP contribution in [-0.2, 0) is 17.6 Å². The summed E-state index contributed by atoms with van der Waals surface area (Å²) in [6.45, 7) is 1.11. The Morgan fingerprint density at radius 1 is 1.33 bits per heavy atom. The van der Waals surface area contributed by atoms with E-state index in [9.17, 15) is 4.79 Å². The van der Waals surface area contributed by atoms with Gasteiger partial charge in [-0.2, -0.15) is 0 Å². The normalized spacial score (nSPS) is 20.2. The Balaban J connectivity index is 1.76. The van der Waals surface area contributed by atoms with Gasteiger partial charge in [0.25, 0.3) is 0 Å². The highest BCUT2D eigenvalue weighted by Gasteiger charge is 2.41. The number of fused-ring (bicyclic) bond motifs is 1. The Labute approximate surface area is 108 Å². The van der Waals surface area contributed by atoms with Crippen LogP contribution in [0.15, 0.2) is 18.2 Å². The van der Waals surface area contributed by atoms with Crippen molar-refractivity contribution >= 4 is 11.6 Å². The van der Waals surface area contributed by atoms with Gasteiger partial charge in [-0.05, 0) is 55.3 Å². The summed E-state index contributed by atoms with van der Waals surface area (Å²) in [4.78, 5) is 11.3. The maximum atomic E-state index is 11.3. The molecule has 0 unspecified atom stereocenters. The van der Waals surface area contributed by atoms with E-state index in [4.69, 9.17) is 0 Å². The number of hydrogen-bond donors (Lipinski definition) is 2. The first-order valence-electron chi connectivity index (χ1n) is 6.77. The summed E-state index contributed by atoms with van der Waals surface area (Å²) < 4.78 is 0. The minimum Gasteiger partial charge on any atom is -0.326 e. The number of anilines is 1. The lowest BCUT2D eigenvalue weighted by molar-refractivity contribution is -0.116. The fourth-order valence-corrected chi connectivity index (χ4v) is 2.95. The molecular formula is C15H20N2O. The topological polar surface area (TPSA) is 41.1 Å². The largest absolute Gasteiger partial charge is 0.326 e. The zero-order valence-corrected chi connectivity index (χ0v) is 10.9. The Morgan fingerprint density at radius 3 is 2.89 bits per heavy atom. The standard InChI is InChI=1S/C15H20N2O/c1-16-10-15(6-7-15)9-11-2-4-13-12(8-11)3-5-14(18)17-13/h2,4,8,16H,3,5-7,9-10H2,1H3,(H,17,18). The Morgan fingerprint density at radius 2 is 2.17 bits per heavy atom. The molecule has 1 amide bonds. The summed E-state index contributed by atoms with van der Waals surface area (Å²) in [5.41, 5.74) is 4.22. The predicted octanol–water partition coefficient (Wildman–Crippen LogP) is 2.11. The summed E-state index contributed by atoms with van der Waals surface area (Å²) in [5.74, 6) is 0.143. The van der Waals surface area contributed by atoms with Crippen molar-refractivity contribution in [1.29, 1.82) is 0 Å². The molecule has 0 spiro atoms. The second-order valence-corrected chi connectivity index (χ2v) is 5.75. The summed E-state index contributed by atoms with van der Waals surface area (Å²) in [7, 11) is 2.03. The molecule has 3 nitrogen and oxygen atoms in total. The van der Waals surface area contributed by atoms with Crippen molar-refractivity contribution in [3.8, 4) is 0 Å². The molecule has 1 aromatic carbocycles. The molecule has 3 heteroatoms. The molecular weight excluding hydrogens is 224 g/mol. The van der Waals surface area contributed by atoms with Gasteiger partial charge in [0.2, 0.25) is 5.91 Å². The van der Waals surface area contributed by atoms with E-state index < -0.39 is 0 Å². The molecule has 1 fully saturated rings. The van der Waals surface area contributed by atoms with Gasteiger partial charge < -0.3 is 10.6 Å². The van der Waals surface area contributed by atoms with Crippen LogP contribution in [0.2, 0.25) is 0 Å². The molecule has 1 saturated carbocycles. The van der Waals surface area contributed by atoms with Crippen LogP contribution in [0.25, 0.3) is 0 Å². The van der Waals surface area contributed by atoms with E-state index >= 15 is 0 Å². The third kappa shape index (κ3) is 2.27. The van der Waals surface area contributed by atoms with Gasteiger partial charge in [-0.25, -0.2) is 0 Å². The van der Waals surface area contributed by atoms with Crippen molar-refractivity contribution in [3.63, 3.8) is 0 Å². The van der Waals surface area contributed by atoms with E-state index in [1.54, 1.807) is 0 Å². The van der Waals surface area contributed by atoms with Crippen LogP contribution in [0, 0.1) is 5.41 Å². The van der Waals surface area contributed by atoms with Crippen LogP contribution in [0.5, 0.6) is 0 Å². The average Bonchev–Trinajstić information content (AvgIpc) is 3.10. The monoisotopic (exact) mass is 244 g/mol. The lowest BCUT2D eigenvalue weighted by atomic mass is 9.93. The lowest BCUT2D eigenvalue weighted by Crippen LogP contribution is -2.22. The molecule has 1 heterocycles. The smallest absolute Gasteiger partial charge is 0.224 e. The van der Waals surface area contributed by atoms with Gasteiger partial charge in [0, 0.05) is 18.7 Å². The van der Waals surface area contributed by atoms with E-state index in [1.807, 2.05) is 7.05 Å². The number of aryl methyl sites for hydroxylation is 1. The molecule has 0 atom stereocenters. The number of nitrogens with one attached hydrogen (secondary N) is 2. The van der Waals surface area contributed by atoms with Crippen LogP contribution in [0.1, 0.15) is 30.4 Å². The summed E-state index contributed by atoms with van der Waals surface area (Å²) >= 11 is 0. The van der Waals surface area contributed by atoms with Crippen molar-refractivity contribution in [2.45, 2.75) is 32.1 Å². The number of rotatable bonds is 4. The fourth-order valence-electron chi connectivity index (χ4n) is 2.95. The fraction of sp³-hybridized carbons (Fsp3) is 0.533. The van der Waals surface area contributed by atoms with Crippen LogP contribution in [-0.4, -0.2) is 19.5 Å². The van der Waals surface area contributed by atoms with Gasteiger partial charge in [-0.15, -0.1) is 0 Å². The van der Waals surface area contributed by atoms with Gasteiger partial charge in [0.05, 0.1) is 0 Å². The number of hydrogen-bond acceptors (Lipinski definition) is 2. The Bertz CT molecular complexity index is 477.